The highest BCUT2D eigenvalue weighted by Gasteiger charge is 2.20. The van der Waals surface area contributed by atoms with Gasteiger partial charge in [-0.2, -0.15) is 0 Å². The molecule has 5 nitrogen and oxygen atoms in total. The van der Waals surface area contributed by atoms with Crippen LogP contribution in [0.5, 0.6) is 0 Å². The maximum absolute atomic E-state index is 13.8. The Morgan fingerprint density at radius 2 is 2.15 bits per heavy atom. The molecule has 20 heavy (non-hydrogen) atoms. The van der Waals surface area contributed by atoms with Crippen molar-refractivity contribution in [1.82, 2.24) is 14.9 Å². The predicted octanol–water partition coefficient (Wildman–Crippen LogP) is 0.989. The first-order valence-corrected chi connectivity index (χ1v) is 6.90. The first-order valence-electron chi connectivity index (χ1n) is 6.02. The zero-order chi connectivity index (χ0) is 14.1. The Morgan fingerprint density at radius 1 is 1.30 bits per heavy atom. The molecule has 104 valence electrons. The molecular formula is C12H12F2N5S+. The SMILES string of the molecule is [NH3+]CCc1nnc2n1NC(c1ccc(F)cc1F)=CS2. The van der Waals surface area contributed by atoms with Crippen LogP contribution in [0.3, 0.4) is 0 Å². The molecular weight excluding hydrogens is 284 g/mol. The van der Waals surface area contributed by atoms with E-state index >= 15 is 0 Å². The van der Waals surface area contributed by atoms with Crippen molar-refractivity contribution in [3.05, 3.63) is 46.6 Å². The monoisotopic (exact) mass is 296 g/mol. The number of fused-ring (bicyclic) bond motifs is 1. The minimum absolute atomic E-state index is 0.304. The van der Waals surface area contributed by atoms with Gasteiger partial charge in [-0.15, -0.1) is 10.2 Å². The lowest BCUT2D eigenvalue weighted by atomic mass is 10.1. The minimum Gasteiger partial charge on any atom is -0.357 e. The van der Waals surface area contributed by atoms with Crippen molar-refractivity contribution in [2.24, 2.45) is 0 Å². The van der Waals surface area contributed by atoms with Gasteiger partial charge >= 0.3 is 0 Å². The minimum atomic E-state index is -0.611. The molecule has 1 aliphatic rings. The number of nitrogens with zero attached hydrogens (tertiary/aromatic N) is 3. The fourth-order valence-electron chi connectivity index (χ4n) is 1.90. The maximum Gasteiger partial charge on any atom is 0.214 e. The van der Waals surface area contributed by atoms with Crippen molar-refractivity contribution < 1.29 is 14.5 Å². The summed E-state index contributed by atoms with van der Waals surface area (Å²) >= 11 is 1.34. The highest BCUT2D eigenvalue weighted by Crippen LogP contribution is 2.29. The second-order valence-corrected chi connectivity index (χ2v) is 5.06. The molecule has 0 bridgehead atoms. The summed E-state index contributed by atoms with van der Waals surface area (Å²) < 4.78 is 28.5. The van der Waals surface area contributed by atoms with E-state index in [0.717, 1.165) is 11.9 Å². The van der Waals surface area contributed by atoms with Crippen LogP contribution in [0.2, 0.25) is 0 Å². The molecule has 0 saturated heterocycles. The molecule has 2 aromatic rings. The highest BCUT2D eigenvalue weighted by molar-refractivity contribution is 8.02. The third kappa shape index (κ3) is 2.27. The molecule has 0 atom stereocenters. The normalized spacial score (nSPS) is 13.7. The van der Waals surface area contributed by atoms with Crippen molar-refractivity contribution in [3.8, 4) is 0 Å². The van der Waals surface area contributed by atoms with E-state index in [1.807, 2.05) is 0 Å². The van der Waals surface area contributed by atoms with Crippen LogP contribution < -0.4 is 11.2 Å². The predicted molar refractivity (Wildman–Crippen MR) is 71.0 cm³/mol. The number of rotatable bonds is 3. The lowest BCUT2D eigenvalue weighted by Gasteiger charge is -2.19. The van der Waals surface area contributed by atoms with Gasteiger partial charge in [-0.3, -0.25) is 5.43 Å². The molecule has 1 aromatic carbocycles. The second-order valence-electron chi connectivity index (χ2n) is 4.22. The summed E-state index contributed by atoms with van der Waals surface area (Å²) in [6.07, 6.45) is 0.666. The van der Waals surface area contributed by atoms with Crippen molar-refractivity contribution in [2.75, 3.05) is 12.0 Å². The third-order valence-electron chi connectivity index (χ3n) is 2.84. The van der Waals surface area contributed by atoms with Crippen molar-refractivity contribution in [3.63, 3.8) is 0 Å². The standard InChI is InChI=1S/C12H11F2N5S/c13-7-1-2-8(9(14)5-7)10-6-20-12-17-16-11(3-4-15)19(12)18-10/h1-2,5-6,18H,3-4,15H2/p+1. The number of hydrogen-bond acceptors (Lipinski definition) is 4. The van der Waals surface area contributed by atoms with E-state index in [1.54, 1.807) is 10.1 Å². The number of quaternary nitrogens is 1. The lowest BCUT2D eigenvalue weighted by Crippen LogP contribution is -2.51. The van der Waals surface area contributed by atoms with Crippen LogP contribution in [-0.4, -0.2) is 21.4 Å². The van der Waals surface area contributed by atoms with Gasteiger partial charge in [0.15, 0.2) is 5.82 Å². The molecule has 0 unspecified atom stereocenters. The Bertz CT molecular complexity index is 682. The van der Waals surface area contributed by atoms with Crippen molar-refractivity contribution in [1.29, 1.82) is 0 Å². The van der Waals surface area contributed by atoms with Gasteiger partial charge < -0.3 is 5.73 Å². The van der Waals surface area contributed by atoms with Crippen LogP contribution in [0.25, 0.3) is 5.70 Å². The first kappa shape index (κ1) is 13.1. The molecule has 1 aliphatic heterocycles. The molecule has 1 aromatic heterocycles. The van der Waals surface area contributed by atoms with E-state index in [4.69, 9.17) is 0 Å². The molecule has 0 radical (unpaired) electrons. The Labute approximate surface area is 117 Å². The summed E-state index contributed by atoms with van der Waals surface area (Å²) in [5.41, 5.74) is 7.68. The van der Waals surface area contributed by atoms with E-state index in [2.05, 4.69) is 21.4 Å². The molecule has 0 fully saturated rings. The average Bonchev–Trinajstić information content (AvgIpc) is 2.82. The largest absolute Gasteiger partial charge is 0.357 e. The Kier molecular flexibility index (Phi) is 3.41. The highest BCUT2D eigenvalue weighted by atomic mass is 32.2. The van der Waals surface area contributed by atoms with E-state index < -0.39 is 11.6 Å². The summed E-state index contributed by atoms with van der Waals surface area (Å²) in [7, 11) is 0. The van der Waals surface area contributed by atoms with Crippen LogP contribution in [0.4, 0.5) is 8.78 Å². The number of thioether (sulfide) groups is 1. The van der Waals surface area contributed by atoms with Gasteiger partial charge in [0.1, 0.15) is 11.6 Å². The average molecular weight is 296 g/mol. The van der Waals surface area contributed by atoms with E-state index in [9.17, 15) is 8.78 Å². The number of aromatic nitrogens is 3. The Morgan fingerprint density at radius 3 is 2.90 bits per heavy atom. The van der Waals surface area contributed by atoms with Gasteiger partial charge in [-0.25, -0.2) is 13.5 Å². The summed E-state index contributed by atoms with van der Waals surface area (Å²) in [4.78, 5) is 0. The van der Waals surface area contributed by atoms with Crippen LogP contribution in [0, 0.1) is 11.6 Å². The van der Waals surface area contributed by atoms with Crippen molar-refractivity contribution in [2.45, 2.75) is 11.6 Å². The number of hydrogen-bond donors (Lipinski definition) is 2. The van der Waals surface area contributed by atoms with Gasteiger partial charge in [0.05, 0.1) is 18.7 Å². The van der Waals surface area contributed by atoms with Gasteiger partial charge in [0.2, 0.25) is 5.16 Å². The lowest BCUT2D eigenvalue weighted by molar-refractivity contribution is -0.366. The second kappa shape index (κ2) is 5.22. The van der Waals surface area contributed by atoms with Crippen LogP contribution >= 0.6 is 11.8 Å². The zero-order valence-electron chi connectivity index (χ0n) is 10.4. The van der Waals surface area contributed by atoms with Crippen LogP contribution in [0.1, 0.15) is 11.4 Å². The summed E-state index contributed by atoms with van der Waals surface area (Å²) in [6, 6.07) is 3.49. The van der Waals surface area contributed by atoms with Crippen LogP contribution in [-0.2, 0) is 6.42 Å². The molecule has 0 aliphatic carbocycles. The molecule has 4 N–H and O–H groups in total. The van der Waals surface area contributed by atoms with E-state index in [0.29, 0.717) is 29.4 Å². The number of nitrogens with one attached hydrogen (secondary N) is 1. The molecule has 2 heterocycles. The van der Waals surface area contributed by atoms with Gasteiger partial charge in [0.25, 0.3) is 0 Å². The number of halogens is 2. The van der Waals surface area contributed by atoms with Crippen molar-refractivity contribution >= 4 is 17.5 Å². The topological polar surface area (TPSA) is 70.4 Å². The fourth-order valence-corrected chi connectivity index (χ4v) is 2.65. The number of benzene rings is 1. The maximum atomic E-state index is 13.8. The molecule has 8 heteroatoms. The summed E-state index contributed by atoms with van der Waals surface area (Å²) in [5.74, 6) is -0.478. The van der Waals surface area contributed by atoms with Gasteiger partial charge in [-0.05, 0) is 12.1 Å². The summed E-state index contributed by atoms with van der Waals surface area (Å²) in [5, 5.41) is 10.5. The van der Waals surface area contributed by atoms with E-state index in [-0.39, 0.29) is 0 Å². The van der Waals surface area contributed by atoms with E-state index in [1.165, 1.54) is 23.9 Å². The molecule has 0 amide bonds. The quantitative estimate of drug-likeness (QED) is 0.886. The Balaban J connectivity index is 1.93. The smallest absolute Gasteiger partial charge is 0.214 e. The zero-order valence-corrected chi connectivity index (χ0v) is 11.3. The molecule has 3 rings (SSSR count). The fraction of sp³-hybridized carbons (Fsp3) is 0.167. The van der Waals surface area contributed by atoms with Crippen LogP contribution in [0.15, 0.2) is 28.8 Å². The molecule has 0 spiro atoms. The third-order valence-corrected chi connectivity index (χ3v) is 3.67. The molecule has 0 saturated carbocycles. The van der Waals surface area contributed by atoms with Gasteiger partial charge in [0, 0.05) is 17.0 Å². The first-order chi connectivity index (χ1) is 9.69. The Hall–Kier alpha value is -1.93. The van der Waals surface area contributed by atoms with Gasteiger partial charge in [-0.1, -0.05) is 11.8 Å². The summed E-state index contributed by atoms with van der Waals surface area (Å²) in [6.45, 7) is 0.689.